The first-order valence-corrected chi connectivity index (χ1v) is 11.1. The van der Waals surface area contributed by atoms with Crippen LogP contribution in [0, 0.1) is 0 Å². The quantitative estimate of drug-likeness (QED) is 0.571. The van der Waals surface area contributed by atoms with Gasteiger partial charge in [0.1, 0.15) is 0 Å². The van der Waals surface area contributed by atoms with Gasteiger partial charge in [-0.25, -0.2) is 13.1 Å². The van der Waals surface area contributed by atoms with Crippen LogP contribution in [0.4, 0.5) is 8.78 Å². The number of alkyl halides is 2. The summed E-state index contributed by atoms with van der Waals surface area (Å²) in [4.78, 5) is 33.3. The molecule has 1 aromatic rings. The van der Waals surface area contributed by atoms with E-state index in [1.165, 1.54) is 0 Å². The van der Waals surface area contributed by atoms with Crippen LogP contribution in [0.3, 0.4) is 0 Å². The molecule has 0 unspecified atom stereocenters. The van der Waals surface area contributed by atoms with Crippen molar-refractivity contribution in [3.8, 4) is 0 Å². The highest BCUT2D eigenvalue weighted by Gasteiger charge is 2.38. The molecule has 0 spiro atoms. The Balaban J connectivity index is 3.18. The Morgan fingerprint density at radius 2 is 1.96 bits per heavy atom. The topological polar surface area (TPSA) is 126 Å². The number of benzene rings is 1. The van der Waals surface area contributed by atoms with E-state index in [9.17, 15) is 36.3 Å². The maximum Gasteiger partial charge on any atom is 0.297 e. The number of sulfonamides is 1. The molecule has 25 heavy (non-hydrogen) atoms. The maximum absolute atomic E-state index is 13.7. The maximum atomic E-state index is 13.7. The van der Waals surface area contributed by atoms with Gasteiger partial charge in [0.25, 0.3) is 5.66 Å². The lowest BCUT2D eigenvalue weighted by Gasteiger charge is -2.38. The molecule has 0 fully saturated rings. The Hall–Kier alpha value is -0.710. The van der Waals surface area contributed by atoms with E-state index in [2.05, 4.69) is 20.7 Å². The Kier molecular flexibility index (Phi) is 7.05. The van der Waals surface area contributed by atoms with Gasteiger partial charge in [-0.05, 0) is 18.1 Å². The van der Waals surface area contributed by atoms with Gasteiger partial charge in [0.2, 0.25) is 10.0 Å². The molecule has 12 heteroatoms. The molecule has 7 nitrogen and oxygen atoms in total. The molecule has 0 aliphatic rings. The van der Waals surface area contributed by atoms with Gasteiger partial charge in [-0.15, -0.1) is 0 Å². The molecule has 0 heterocycles. The van der Waals surface area contributed by atoms with E-state index in [0.717, 1.165) is 24.5 Å². The average molecular weight is 462 g/mol. The molecular weight excluding hydrogens is 447 g/mol. The van der Waals surface area contributed by atoms with E-state index in [4.69, 9.17) is 0 Å². The van der Waals surface area contributed by atoms with Gasteiger partial charge >= 0.3 is 0 Å². The van der Waals surface area contributed by atoms with Crippen LogP contribution in [0.5, 0.6) is 0 Å². The largest absolute Gasteiger partial charge is 0.806 e. The van der Waals surface area contributed by atoms with Gasteiger partial charge < -0.3 is 14.4 Å². The van der Waals surface area contributed by atoms with Crippen LogP contribution in [0.1, 0.15) is 24.5 Å². The molecule has 0 saturated heterocycles. The second kappa shape index (κ2) is 7.89. The highest BCUT2D eigenvalue weighted by atomic mass is 79.9. The molecule has 0 amide bonds. The molecule has 0 aliphatic heterocycles. The van der Waals surface area contributed by atoms with Crippen LogP contribution >= 0.6 is 23.5 Å². The molecule has 0 bridgehead atoms. The Morgan fingerprint density at radius 3 is 2.36 bits per heavy atom. The van der Waals surface area contributed by atoms with Gasteiger partial charge in [-0.2, -0.15) is 8.78 Å². The molecule has 0 aliphatic carbocycles. The third-order valence-corrected chi connectivity index (χ3v) is 5.53. The minimum absolute atomic E-state index is 0.0556. The summed E-state index contributed by atoms with van der Waals surface area (Å²) >= 11 is 2.78. The monoisotopic (exact) mass is 461 g/mol. The summed E-state index contributed by atoms with van der Waals surface area (Å²) in [6, 6.07) is 1.86. The summed E-state index contributed by atoms with van der Waals surface area (Å²) in [5.74, 6) is -0.403. The number of halogens is 3. The zero-order valence-corrected chi connectivity index (χ0v) is 16.5. The van der Waals surface area contributed by atoms with Crippen molar-refractivity contribution < 1.29 is 36.3 Å². The fourth-order valence-corrected chi connectivity index (χ4v) is 4.09. The van der Waals surface area contributed by atoms with Crippen LogP contribution in [-0.2, 0) is 31.5 Å². The average Bonchev–Trinajstić information content (AvgIpc) is 2.42. The number of carbonyl (C=O) groups excluding carboxylic acids is 1. The van der Waals surface area contributed by atoms with Crippen LogP contribution in [0.25, 0.3) is 0 Å². The van der Waals surface area contributed by atoms with Crippen molar-refractivity contribution in [3.63, 3.8) is 0 Å². The summed E-state index contributed by atoms with van der Waals surface area (Å²) in [6.45, 7) is 1.54. The smallest absolute Gasteiger partial charge is 0.297 e. The Bertz CT molecular complexity index is 811. The van der Waals surface area contributed by atoms with Crippen molar-refractivity contribution >= 4 is 39.3 Å². The van der Waals surface area contributed by atoms with Crippen molar-refractivity contribution in [2.75, 3.05) is 6.26 Å². The van der Waals surface area contributed by atoms with E-state index in [-0.39, 0.29) is 17.3 Å². The number of Topliss-reactive ketones (excluding diaryl/α,β-unsaturated/α-hetero) is 1. The van der Waals surface area contributed by atoms with Gasteiger partial charge in [0, 0.05) is 24.1 Å². The highest BCUT2D eigenvalue weighted by molar-refractivity contribution is 9.10. The Labute approximate surface area is 152 Å². The number of ketones is 1. The lowest BCUT2D eigenvalue weighted by atomic mass is 10.0. The molecule has 1 rings (SSSR count). The first-order chi connectivity index (χ1) is 11.2. The molecule has 0 radical (unpaired) electrons. The van der Waals surface area contributed by atoms with E-state index in [0.29, 0.717) is 5.56 Å². The number of carbonyl (C=O) groups is 1. The molecule has 0 aromatic heterocycles. The minimum atomic E-state index is -6.22. The van der Waals surface area contributed by atoms with Gasteiger partial charge in [-0.1, -0.05) is 35.0 Å². The van der Waals surface area contributed by atoms with Crippen LogP contribution in [-0.4, -0.2) is 26.5 Å². The zero-order chi connectivity index (χ0) is 19.6. The van der Waals surface area contributed by atoms with E-state index in [1.54, 1.807) is 6.92 Å². The number of hydrogen-bond donors (Lipinski definition) is 1. The molecular formula is C13H15BrF2NO6PS-2. The molecule has 1 N–H and O–H groups in total. The van der Waals surface area contributed by atoms with E-state index < -0.39 is 40.7 Å². The van der Waals surface area contributed by atoms with Gasteiger partial charge in [0.05, 0.1) is 12.3 Å². The number of hydrogen-bond acceptors (Lipinski definition) is 6. The van der Waals surface area contributed by atoms with Crippen molar-refractivity contribution in [1.82, 2.24) is 4.72 Å². The van der Waals surface area contributed by atoms with Crippen LogP contribution < -0.4 is 14.5 Å². The lowest BCUT2D eigenvalue weighted by Crippen LogP contribution is -2.41. The highest BCUT2D eigenvalue weighted by Crippen LogP contribution is 2.54. The number of nitrogens with one attached hydrogen (secondary N) is 1. The molecule has 142 valence electrons. The lowest BCUT2D eigenvalue weighted by molar-refractivity contribution is -0.335. The molecule has 1 aromatic carbocycles. The second-order valence-corrected chi connectivity index (χ2v) is 9.51. The van der Waals surface area contributed by atoms with E-state index in [1.807, 2.05) is 0 Å². The van der Waals surface area contributed by atoms with Gasteiger partial charge in [0.15, 0.2) is 5.78 Å². The van der Waals surface area contributed by atoms with Crippen molar-refractivity contribution in [2.45, 2.75) is 31.5 Å². The zero-order valence-electron chi connectivity index (χ0n) is 13.2. The fourth-order valence-electron chi connectivity index (χ4n) is 2.04. The summed E-state index contributed by atoms with van der Waals surface area (Å²) in [6.07, 6.45) is 0.805. The normalized spacial score (nSPS) is 14.4. The first-order valence-electron chi connectivity index (χ1n) is 6.88. The van der Waals surface area contributed by atoms with Crippen molar-refractivity contribution in [2.24, 2.45) is 0 Å². The van der Waals surface area contributed by atoms with Crippen molar-refractivity contribution in [3.05, 3.63) is 33.8 Å². The first kappa shape index (κ1) is 22.3. The standard InChI is InChI=1S/C13H17BrF2NO6PS/c1-3-12(18)11(17-25(2,22)23)7-8-4-5-9(10(14)6-8)13(15,16)24(19,20)21/h4-6,11,17H,3,7H2,1-2H3,(H2,19,20,21)/p-2/t11-/m0/s1. The van der Waals surface area contributed by atoms with E-state index >= 15 is 0 Å². The summed E-state index contributed by atoms with van der Waals surface area (Å²) < 4.78 is 62.6. The summed E-state index contributed by atoms with van der Waals surface area (Å²) in [5, 5.41) is 0. The predicted molar refractivity (Wildman–Crippen MR) is 86.4 cm³/mol. The number of rotatable bonds is 8. The molecule has 0 saturated carbocycles. The third kappa shape index (κ3) is 5.90. The van der Waals surface area contributed by atoms with Crippen molar-refractivity contribution in [1.29, 1.82) is 0 Å². The Morgan fingerprint density at radius 1 is 1.40 bits per heavy atom. The minimum Gasteiger partial charge on any atom is -0.806 e. The second-order valence-electron chi connectivity index (χ2n) is 5.32. The predicted octanol–water partition coefficient (Wildman–Crippen LogP) is 0.851. The van der Waals surface area contributed by atoms with Crippen LogP contribution in [0.2, 0.25) is 0 Å². The SMILES string of the molecule is CCC(=O)[C@H](Cc1ccc(C(F)(F)P(=O)([O-])[O-])c(Br)c1)NS(C)(=O)=O. The summed E-state index contributed by atoms with van der Waals surface area (Å²) in [5.41, 5.74) is -5.34. The molecule has 1 atom stereocenters. The van der Waals surface area contributed by atoms with Gasteiger partial charge in [-0.3, -0.25) is 4.79 Å². The third-order valence-electron chi connectivity index (χ3n) is 3.23. The van der Waals surface area contributed by atoms with Crippen LogP contribution in [0.15, 0.2) is 22.7 Å². The summed E-state index contributed by atoms with van der Waals surface area (Å²) in [7, 11) is -9.90. The fraction of sp³-hybridized carbons (Fsp3) is 0.462.